The molecule has 0 aromatic heterocycles. The van der Waals surface area contributed by atoms with Crippen molar-refractivity contribution in [2.45, 2.75) is 32.7 Å². The van der Waals surface area contributed by atoms with E-state index in [1.807, 2.05) is 0 Å². The average Bonchev–Trinajstić information content (AvgIpc) is 2.56. The van der Waals surface area contributed by atoms with E-state index in [1.165, 1.54) is 10.4 Å². The molecule has 0 saturated carbocycles. The summed E-state index contributed by atoms with van der Waals surface area (Å²) in [6, 6.07) is 21.4. The number of benzene rings is 2. The average molecular weight is 401 g/mol. The van der Waals surface area contributed by atoms with Crippen molar-refractivity contribution in [1.82, 2.24) is 0 Å². The summed E-state index contributed by atoms with van der Waals surface area (Å²) >= 11 is 3.19. The highest BCUT2D eigenvalue weighted by Crippen LogP contribution is 2.36. The molecule has 1 atom stereocenters. The van der Waals surface area contributed by atoms with Gasteiger partial charge in [-0.3, -0.25) is 0 Å². The zero-order chi connectivity index (χ0) is 17.6. The largest absolute Gasteiger partial charge is 0.406 e. The molecule has 2 aromatic rings. The lowest BCUT2D eigenvalue weighted by atomic mass is 10.2. The maximum Gasteiger partial charge on any atom is 0.261 e. The standard InChI is InChI=1S/C21H25BrOSi/c1-18(15-16-22)17-23-24(21(2,3)4,19-11-7-5-8-12-19)20-13-9-6-10-14-20/h5-14,18H,17H2,1-4H3/t18-/m0/s1. The Bertz CT molecular complexity index is 656. The van der Waals surface area contributed by atoms with Gasteiger partial charge in [0.05, 0.1) is 0 Å². The quantitative estimate of drug-likeness (QED) is 0.528. The van der Waals surface area contributed by atoms with Crippen molar-refractivity contribution in [3.63, 3.8) is 0 Å². The van der Waals surface area contributed by atoms with Gasteiger partial charge >= 0.3 is 0 Å². The summed E-state index contributed by atoms with van der Waals surface area (Å²) in [4.78, 5) is 2.82. The molecule has 0 N–H and O–H groups in total. The summed E-state index contributed by atoms with van der Waals surface area (Å²) in [6.07, 6.45) is 0. The van der Waals surface area contributed by atoms with Crippen LogP contribution >= 0.6 is 15.9 Å². The predicted molar refractivity (Wildman–Crippen MR) is 109 cm³/mol. The van der Waals surface area contributed by atoms with Crippen LogP contribution in [0, 0.1) is 16.7 Å². The van der Waals surface area contributed by atoms with Crippen molar-refractivity contribution in [2.75, 3.05) is 6.61 Å². The molecule has 0 aliphatic heterocycles. The lowest BCUT2D eigenvalue weighted by Gasteiger charge is -2.43. The third-order valence-electron chi connectivity index (χ3n) is 4.27. The van der Waals surface area contributed by atoms with E-state index in [-0.39, 0.29) is 11.0 Å². The van der Waals surface area contributed by atoms with E-state index in [9.17, 15) is 0 Å². The van der Waals surface area contributed by atoms with E-state index in [2.05, 4.69) is 115 Å². The Morgan fingerprint density at radius 2 is 1.42 bits per heavy atom. The first kappa shape index (κ1) is 19.0. The molecular weight excluding hydrogens is 376 g/mol. The molecule has 0 aliphatic carbocycles. The van der Waals surface area contributed by atoms with Crippen molar-refractivity contribution < 1.29 is 4.43 Å². The van der Waals surface area contributed by atoms with Crippen molar-refractivity contribution in [1.29, 1.82) is 0 Å². The summed E-state index contributed by atoms with van der Waals surface area (Å²) in [5.41, 5.74) is 0. The van der Waals surface area contributed by atoms with Crippen LogP contribution in [0.25, 0.3) is 0 Å². The molecule has 3 heteroatoms. The minimum absolute atomic E-state index is 0.0112. The molecule has 2 rings (SSSR count). The van der Waals surface area contributed by atoms with Gasteiger partial charge in [0.2, 0.25) is 0 Å². The molecule has 126 valence electrons. The highest BCUT2D eigenvalue weighted by molar-refractivity contribution is 9.12. The summed E-state index contributed by atoms with van der Waals surface area (Å²) in [5.74, 6) is 3.32. The zero-order valence-electron chi connectivity index (χ0n) is 14.8. The monoisotopic (exact) mass is 400 g/mol. The lowest BCUT2D eigenvalue weighted by Crippen LogP contribution is -2.66. The van der Waals surface area contributed by atoms with Crippen LogP contribution in [0.3, 0.4) is 0 Å². The maximum atomic E-state index is 6.80. The molecule has 0 fully saturated rings. The van der Waals surface area contributed by atoms with E-state index in [0.29, 0.717) is 6.61 Å². The number of hydrogen-bond acceptors (Lipinski definition) is 1. The molecule has 0 radical (unpaired) electrons. The Morgan fingerprint density at radius 1 is 0.958 bits per heavy atom. The molecular formula is C21H25BrOSi. The van der Waals surface area contributed by atoms with Gasteiger partial charge in [0, 0.05) is 28.5 Å². The molecule has 24 heavy (non-hydrogen) atoms. The molecule has 0 unspecified atom stereocenters. The van der Waals surface area contributed by atoms with Crippen LogP contribution in [-0.2, 0) is 4.43 Å². The van der Waals surface area contributed by atoms with Crippen LogP contribution in [-0.4, -0.2) is 14.9 Å². The van der Waals surface area contributed by atoms with Crippen LogP contribution in [0.4, 0.5) is 0 Å². The van der Waals surface area contributed by atoms with E-state index in [4.69, 9.17) is 4.43 Å². The van der Waals surface area contributed by atoms with Gasteiger partial charge in [-0.2, -0.15) is 0 Å². The fourth-order valence-corrected chi connectivity index (χ4v) is 8.19. The van der Waals surface area contributed by atoms with Gasteiger partial charge in [0.25, 0.3) is 8.32 Å². The van der Waals surface area contributed by atoms with Crippen molar-refractivity contribution in [3.05, 3.63) is 60.7 Å². The summed E-state index contributed by atoms with van der Waals surface area (Å²) in [7, 11) is -2.42. The Morgan fingerprint density at radius 3 is 1.79 bits per heavy atom. The second-order valence-corrected chi connectivity index (χ2v) is 11.8. The predicted octanol–water partition coefficient (Wildman–Crippen LogP) is 4.55. The van der Waals surface area contributed by atoms with Gasteiger partial charge < -0.3 is 4.43 Å². The first-order valence-electron chi connectivity index (χ1n) is 8.28. The molecule has 0 bridgehead atoms. The van der Waals surface area contributed by atoms with E-state index in [1.54, 1.807) is 0 Å². The minimum Gasteiger partial charge on any atom is -0.406 e. The highest BCUT2D eigenvalue weighted by atomic mass is 79.9. The molecule has 0 saturated heterocycles. The van der Waals surface area contributed by atoms with Gasteiger partial charge in [0.1, 0.15) is 0 Å². The summed E-state index contributed by atoms with van der Waals surface area (Å²) < 4.78 is 6.80. The second-order valence-electron chi connectivity index (χ2n) is 7.11. The minimum atomic E-state index is -2.42. The molecule has 1 nitrogen and oxygen atoms in total. The molecule has 0 amide bonds. The molecule has 0 spiro atoms. The van der Waals surface area contributed by atoms with Crippen molar-refractivity contribution in [3.8, 4) is 10.8 Å². The smallest absolute Gasteiger partial charge is 0.261 e. The van der Waals surface area contributed by atoms with Crippen LogP contribution < -0.4 is 10.4 Å². The summed E-state index contributed by atoms with van der Waals surface area (Å²) in [5, 5.41) is 2.63. The molecule has 0 heterocycles. The first-order chi connectivity index (χ1) is 11.4. The zero-order valence-corrected chi connectivity index (χ0v) is 17.4. The fourth-order valence-electron chi connectivity index (χ4n) is 3.15. The normalized spacial score (nSPS) is 13.0. The summed E-state index contributed by atoms with van der Waals surface area (Å²) in [6.45, 7) is 9.61. The van der Waals surface area contributed by atoms with Crippen LogP contribution in [0.1, 0.15) is 27.7 Å². The number of halogens is 1. The third-order valence-corrected chi connectivity index (χ3v) is 9.50. The van der Waals surface area contributed by atoms with Crippen LogP contribution in [0.2, 0.25) is 5.04 Å². The number of rotatable bonds is 5. The van der Waals surface area contributed by atoms with E-state index in [0.717, 1.165) is 0 Å². The molecule has 2 aromatic carbocycles. The Hall–Kier alpha value is -1.34. The van der Waals surface area contributed by atoms with Crippen LogP contribution in [0.5, 0.6) is 0 Å². The first-order valence-corrected chi connectivity index (χ1v) is 11.0. The van der Waals surface area contributed by atoms with Crippen LogP contribution in [0.15, 0.2) is 60.7 Å². The van der Waals surface area contributed by atoms with Gasteiger partial charge in [-0.1, -0.05) is 87.4 Å². The van der Waals surface area contributed by atoms with E-state index >= 15 is 0 Å². The van der Waals surface area contributed by atoms with Gasteiger partial charge in [-0.25, -0.2) is 0 Å². The fraction of sp³-hybridized carbons (Fsp3) is 0.333. The van der Waals surface area contributed by atoms with Gasteiger partial charge in [0.15, 0.2) is 0 Å². The third kappa shape index (κ3) is 4.00. The van der Waals surface area contributed by atoms with E-state index < -0.39 is 8.32 Å². The highest BCUT2D eigenvalue weighted by Gasteiger charge is 2.50. The Kier molecular flexibility index (Phi) is 6.45. The Labute approximate surface area is 155 Å². The number of hydrogen-bond donors (Lipinski definition) is 0. The van der Waals surface area contributed by atoms with Crippen molar-refractivity contribution >= 4 is 34.6 Å². The SMILES string of the molecule is C[C@@H](C#CBr)CO[Si](c1ccccc1)(c1ccccc1)C(C)(C)C. The van der Waals surface area contributed by atoms with Gasteiger partial charge in [-0.15, -0.1) is 0 Å². The van der Waals surface area contributed by atoms with Crippen molar-refractivity contribution in [2.24, 2.45) is 5.92 Å². The topological polar surface area (TPSA) is 9.23 Å². The second kappa shape index (κ2) is 8.16. The lowest BCUT2D eigenvalue weighted by molar-refractivity contribution is 0.272. The molecule has 0 aliphatic rings. The Balaban J connectivity index is 2.59. The maximum absolute atomic E-state index is 6.80. The van der Waals surface area contributed by atoms with Gasteiger partial charge in [-0.05, 0) is 27.2 Å².